The van der Waals surface area contributed by atoms with Crippen LogP contribution in [0.2, 0.25) is 0 Å². The smallest absolute Gasteiger partial charge is 0.141 e. The topological polar surface area (TPSA) is 66.0 Å². The average molecular weight is 274 g/mol. The normalized spacial score (nSPS) is 10.8. The molecule has 0 spiro atoms. The van der Waals surface area contributed by atoms with E-state index in [0.717, 1.165) is 25.1 Å². The summed E-state index contributed by atoms with van der Waals surface area (Å²) in [5.74, 6) is 0.0167. The number of hydrogen-bond donors (Lipinski definition) is 2. The van der Waals surface area contributed by atoms with E-state index in [2.05, 4.69) is 34.4 Å². The maximum Gasteiger partial charge on any atom is 0.141 e. The number of amidine groups is 1. The first kappa shape index (κ1) is 13.7. The molecule has 0 saturated heterocycles. The third-order valence-electron chi connectivity index (χ3n) is 2.87. The quantitative estimate of drug-likeness (QED) is 0.626. The van der Waals surface area contributed by atoms with Crippen LogP contribution < -0.4 is 5.73 Å². The van der Waals surface area contributed by atoms with Gasteiger partial charge in [0.15, 0.2) is 0 Å². The van der Waals surface area contributed by atoms with Gasteiger partial charge in [0.25, 0.3) is 0 Å². The summed E-state index contributed by atoms with van der Waals surface area (Å²) >= 11 is 1.80. The summed E-state index contributed by atoms with van der Waals surface area (Å²) in [7, 11) is 2.10. The highest BCUT2D eigenvalue weighted by Gasteiger charge is 2.04. The van der Waals surface area contributed by atoms with E-state index in [1.54, 1.807) is 17.5 Å². The molecule has 2 aromatic rings. The van der Waals surface area contributed by atoms with Crippen molar-refractivity contribution in [2.45, 2.75) is 13.0 Å². The highest BCUT2D eigenvalue weighted by molar-refractivity contribution is 7.09. The van der Waals surface area contributed by atoms with E-state index in [9.17, 15) is 0 Å². The fourth-order valence-electron chi connectivity index (χ4n) is 1.87. The van der Waals surface area contributed by atoms with Gasteiger partial charge < -0.3 is 10.6 Å². The summed E-state index contributed by atoms with van der Waals surface area (Å²) in [5, 5.41) is 9.50. The van der Waals surface area contributed by atoms with Crippen LogP contribution in [0.4, 0.5) is 0 Å². The van der Waals surface area contributed by atoms with E-state index in [-0.39, 0.29) is 5.84 Å². The number of nitrogens with two attached hydrogens (primary N) is 1. The Morgan fingerprint density at radius 1 is 1.47 bits per heavy atom. The number of nitrogen functional groups attached to an aromatic ring is 1. The summed E-state index contributed by atoms with van der Waals surface area (Å²) in [6.07, 6.45) is 2.78. The molecule has 0 unspecified atom stereocenters. The van der Waals surface area contributed by atoms with Crippen molar-refractivity contribution in [2.75, 3.05) is 13.6 Å². The third-order valence-corrected chi connectivity index (χ3v) is 3.81. The summed E-state index contributed by atoms with van der Waals surface area (Å²) < 4.78 is 0. The maximum absolute atomic E-state index is 7.39. The molecule has 0 aromatic carbocycles. The number of aromatic nitrogens is 1. The van der Waals surface area contributed by atoms with Gasteiger partial charge in [-0.1, -0.05) is 6.07 Å². The Balaban J connectivity index is 1.89. The van der Waals surface area contributed by atoms with E-state index in [1.165, 1.54) is 4.88 Å². The van der Waals surface area contributed by atoms with Gasteiger partial charge in [-0.3, -0.25) is 10.4 Å². The lowest BCUT2D eigenvalue weighted by atomic mass is 10.2. The molecule has 0 radical (unpaired) electrons. The van der Waals surface area contributed by atoms with Crippen molar-refractivity contribution in [1.29, 1.82) is 5.41 Å². The van der Waals surface area contributed by atoms with Crippen LogP contribution in [0.15, 0.2) is 35.8 Å². The van der Waals surface area contributed by atoms with Crippen molar-refractivity contribution < 1.29 is 0 Å². The second-order valence-corrected chi connectivity index (χ2v) is 5.56. The van der Waals surface area contributed by atoms with Gasteiger partial charge in [0.1, 0.15) is 11.5 Å². The minimum absolute atomic E-state index is 0.0167. The van der Waals surface area contributed by atoms with Gasteiger partial charge in [-0.15, -0.1) is 11.3 Å². The van der Waals surface area contributed by atoms with Crippen LogP contribution in [0.3, 0.4) is 0 Å². The number of rotatable bonds is 6. The molecule has 5 heteroatoms. The van der Waals surface area contributed by atoms with Crippen LogP contribution in [0.1, 0.15) is 16.1 Å². The predicted octanol–water partition coefficient (Wildman–Crippen LogP) is 2.10. The van der Waals surface area contributed by atoms with Crippen molar-refractivity contribution in [2.24, 2.45) is 5.73 Å². The van der Waals surface area contributed by atoms with Crippen molar-refractivity contribution in [3.63, 3.8) is 0 Å². The minimum atomic E-state index is 0.0167. The molecular formula is C14H18N4S. The van der Waals surface area contributed by atoms with Gasteiger partial charge in [-0.2, -0.15) is 0 Å². The van der Waals surface area contributed by atoms with E-state index in [4.69, 9.17) is 11.1 Å². The number of likely N-dealkylation sites (N-methyl/N-ethyl adjacent to an activating group) is 1. The zero-order valence-electron chi connectivity index (χ0n) is 11.0. The van der Waals surface area contributed by atoms with Gasteiger partial charge in [-0.25, -0.2) is 0 Å². The molecule has 19 heavy (non-hydrogen) atoms. The molecule has 0 saturated carbocycles. The molecule has 0 bridgehead atoms. The van der Waals surface area contributed by atoms with Crippen LogP contribution >= 0.6 is 11.3 Å². The van der Waals surface area contributed by atoms with Crippen LogP contribution in [0.25, 0.3) is 0 Å². The standard InChI is InChI=1S/C14H18N4S/c1-18(7-5-12-3-2-8-19-12)10-11-4-6-17-13(9-11)14(15)16/h2-4,6,8-9H,5,7,10H2,1H3,(H3,15,16). The molecule has 0 atom stereocenters. The first-order chi connectivity index (χ1) is 9.15. The molecule has 0 aliphatic rings. The zero-order chi connectivity index (χ0) is 13.7. The highest BCUT2D eigenvalue weighted by atomic mass is 32.1. The van der Waals surface area contributed by atoms with E-state index >= 15 is 0 Å². The number of nitrogens with zero attached hydrogens (tertiary/aromatic N) is 2. The van der Waals surface area contributed by atoms with E-state index < -0.39 is 0 Å². The van der Waals surface area contributed by atoms with Crippen LogP contribution in [0, 0.1) is 5.41 Å². The number of nitrogens with one attached hydrogen (secondary N) is 1. The Kier molecular flexibility index (Phi) is 4.65. The Bertz CT molecular complexity index is 536. The summed E-state index contributed by atoms with van der Waals surface area (Å²) in [6, 6.07) is 8.10. The SMILES string of the molecule is CN(CCc1cccs1)Cc1ccnc(C(=N)N)c1. The maximum atomic E-state index is 7.39. The molecule has 0 aliphatic carbocycles. The lowest BCUT2D eigenvalue weighted by Crippen LogP contribution is -2.21. The van der Waals surface area contributed by atoms with Gasteiger partial charge in [0, 0.05) is 24.2 Å². The third kappa shape index (κ3) is 4.15. The van der Waals surface area contributed by atoms with Crippen LogP contribution in [-0.2, 0) is 13.0 Å². The summed E-state index contributed by atoms with van der Waals surface area (Å²) in [6.45, 7) is 1.85. The lowest BCUT2D eigenvalue weighted by Gasteiger charge is -2.16. The van der Waals surface area contributed by atoms with Crippen LogP contribution in [-0.4, -0.2) is 29.3 Å². The summed E-state index contributed by atoms with van der Waals surface area (Å²) in [4.78, 5) is 7.74. The number of thiophene rings is 1. The Morgan fingerprint density at radius 3 is 3.00 bits per heavy atom. The largest absolute Gasteiger partial charge is 0.382 e. The fourth-order valence-corrected chi connectivity index (χ4v) is 2.56. The van der Waals surface area contributed by atoms with Gasteiger partial charge in [0.2, 0.25) is 0 Å². The first-order valence-corrected chi connectivity index (χ1v) is 7.03. The Hall–Kier alpha value is -1.72. The molecule has 2 rings (SSSR count). The molecule has 3 N–H and O–H groups in total. The van der Waals surface area contributed by atoms with Crippen molar-refractivity contribution in [3.05, 3.63) is 52.0 Å². The highest BCUT2D eigenvalue weighted by Crippen LogP contribution is 2.10. The number of hydrogen-bond acceptors (Lipinski definition) is 4. The lowest BCUT2D eigenvalue weighted by molar-refractivity contribution is 0.332. The van der Waals surface area contributed by atoms with Crippen molar-refractivity contribution in [1.82, 2.24) is 9.88 Å². The van der Waals surface area contributed by atoms with E-state index in [0.29, 0.717) is 5.69 Å². The predicted molar refractivity (Wildman–Crippen MR) is 79.6 cm³/mol. The van der Waals surface area contributed by atoms with Crippen LogP contribution in [0.5, 0.6) is 0 Å². The van der Waals surface area contributed by atoms with Gasteiger partial charge >= 0.3 is 0 Å². The fraction of sp³-hybridized carbons (Fsp3) is 0.286. The molecule has 0 fully saturated rings. The second kappa shape index (κ2) is 6.45. The van der Waals surface area contributed by atoms with Gasteiger partial charge in [0.05, 0.1) is 0 Å². The Morgan fingerprint density at radius 2 is 2.32 bits per heavy atom. The summed E-state index contributed by atoms with van der Waals surface area (Å²) in [5.41, 5.74) is 7.12. The van der Waals surface area contributed by atoms with Crippen molar-refractivity contribution >= 4 is 17.2 Å². The molecule has 0 amide bonds. The Labute approximate surface area is 117 Å². The molecule has 100 valence electrons. The second-order valence-electron chi connectivity index (χ2n) is 4.53. The molecule has 0 aliphatic heterocycles. The zero-order valence-corrected chi connectivity index (χ0v) is 11.8. The molecule has 2 aromatic heterocycles. The molecule has 2 heterocycles. The molecular weight excluding hydrogens is 256 g/mol. The monoisotopic (exact) mass is 274 g/mol. The average Bonchev–Trinajstić information content (AvgIpc) is 2.90. The van der Waals surface area contributed by atoms with E-state index in [1.807, 2.05) is 12.1 Å². The first-order valence-electron chi connectivity index (χ1n) is 6.15. The van der Waals surface area contributed by atoms with Crippen molar-refractivity contribution in [3.8, 4) is 0 Å². The number of pyridine rings is 1. The molecule has 4 nitrogen and oxygen atoms in total. The van der Waals surface area contributed by atoms with Gasteiger partial charge in [-0.05, 0) is 42.6 Å². The minimum Gasteiger partial charge on any atom is -0.382 e.